The Hall–Kier alpha value is -1.13. The van der Waals surface area contributed by atoms with Crippen LogP contribution in [0.4, 0.5) is 4.39 Å². The van der Waals surface area contributed by atoms with Crippen LogP contribution < -0.4 is 10.6 Å². The highest BCUT2D eigenvalue weighted by atomic mass is 19.1. The van der Waals surface area contributed by atoms with E-state index in [1.807, 2.05) is 13.8 Å². The van der Waals surface area contributed by atoms with Gasteiger partial charge in [-0.1, -0.05) is 13.8 Å². The molecule has 3 unspecified atom stereocenters. The molecule has 0 aromatic heterocycles. The molecule has 0 aromatic carbocycles. The van der Waals surface area contributed by atoms with Crippen LogP contribution >= 0.6 is 0 Å². The van der Waals surface area contributed by atoms with Crippen LogP contribution in [-0.4, -0.2) is 30.1 Å². The van der Waals surface area contributed by atoms with E-state index in [0.29, 0.717) is 0 Å². The third kappa shape index (κ3) is 1.25. The Labute approximate surface area is 87.6 Å². The summed E-state index contributed by atoms with van der Waals surface area (Å²) in [7, 11) is 0. The van der Waals surface area contributed by atoms with Crippen molar-refractivity contribution in [1.29, 1.82) is 0 Å². The van der Waals surface area contributed by atoms with Gasteiger partial charge in [0, 0.05) is 6.42 Å². The van der Waals surface area contributed by atoms with Crippen LogP contribution in [0.25, 0.3) is 0 Å². The van der Waals surface area contributed by atoms with E-state index in [1.54, 1.807) is 0 Å². The Morgan fingerprint density at radius 3 is 2.40 bits per heavy atom. The van der Waals surface area contributed by atoms with Crippen molar-refractivity contribution in [3.8, 4) is 0 Å². The average molecular weight is 214 g/mol. The summed E-state index contributed by atoms with van der Waals surface area (Å²) in [5, 5.41) is 5.32. The van der Waals surface area contributed by atoms with Gasteiger partial charge >= 0.3 is 0 Å². The van der Waals surface area contributed by atoms with Gasteiger partial charge in [0.1, 0.15) is 11.6 Å². The molecule has 2 aliphatic rings. The predicted octanol–water partition coefficient (Wildman–Crippen LogP) is -0.0148. The second kappa shape index (κ2) is 3.18. The number of carbonyl (C=O) groups is 2. The molecule has 0 aromatic rings. The quantitative estimate of drug-likeness (QED) is 0.679. The molecule has 1 saturated carbocycles. The molecule has 1 spiro atoms. The van der Waals surface area contributed by atoms with Crippen molar-refractivity contribution in [3.05, 3.63) is 0 Å². The molecule has 5 heteroatoms. The zero-order valence-corrected chi connectivity index (χ0v) is 8.84. The maximum Gasteiger partial charge on any atom is 0.246 e. The summed E-state index contributed by atoms with van der Waals surface area (Å²) in [5.41, 5.74) is -0.718. The molecular formula is C10H15FN2O2. The summed E-state index contributed by atoms with van der Waals surface area (Å²) in [6.07, 6.45) is 0.0520. The fraction of sp³-hybridized carbons (Fsp3) is 0.800. The lowest BCUT2D eigenvalue weighted by atomic mass is 10.0. The third-order valence-electron chi connectivity index (χ3n) is 3.80. The fourth-order valence-corrected chi connectivity index (χ4v) is 2.42. The largest absolute Gasteiger partial charge is 0.342 e. The molecular weight excluding hydrogens is 199 g/mol. The number of amides is 2. The van der Waals surface area contributed by atoms with E-state index in [1.165, 1.54) is 0 Å². The average Bonchev–Trinajstić information content (AvgIpc) is 2.69. The fourth-order valence-electron chi connectivity index (χ4n) is 2.42. The Bertz CT molecular complexity index is 311. The second-order valence-electron chi connectivity index (χ2n) is 4.44. The van der Waals surface area contributed by atoms with Crippen LogP contribution in [0.2, 0.25) is 0 Å². The molecule has 15 heavy (non-hydrogen) atoms. The van der Waals surface area contributed by atoms with Gasteiger partial charge < -0.3 is 10.6 Å². The van der Waals surface area contributed by atoms with Crippen LogP contribution in [0.15, 0.2) is 0 Å². The van der Waals surface area contributed by atoms with Gasteiger partial charge in [-0.3, -0.25) is 14.0 Å². The van der Waals surface area contributed by atoms with Gasteiger partial charge in [0.15, 0.2) is 0 Å². The van der Waals surface area contributed by atoms with Crippen LogP contribution in [0.3, 0.4) is 0 Å². The zero-order valence-electron chi connectivity index (χ0n) is 8.84. The first-order valence-electron chi connectivity index (χ1n) is 5.23. The van der Waals surface area contributed by atoms with E-state index in [4.69, 9.17) is 0 Å². The lowest BCUT2D eigenvalue weighted by molar-refractivity contribution is -0.138. The van der Waals surface area contributed by atoms with Crippen LogP contribution in [0, 0.1) is 11.8 Å². The van der Waals surface area contributed by atoms with Crippen molar-refractivity contribution in [3.63, 3.8) is 0 Å². The number of alkyl halides is 1. The topological polar surface area (TPSA) is 58.2 Å². The van der Waals surface area contributed by atoms with Crippen LogP contribution in [-0.2, 0) is 9.59 Å². The highest BCUT2D eigenvalue weighted by molar-refractivity contribution is 6.02. The van der Waals surface area contributed by atoms with Gasteiger partial charge in [0.05, 0.1) is 6.67 Å². The summed E-state index contributed by atoms with van der Waals surface area (Å²) in [6, 6.07) is -0.701. The first-order valence-corrected chi connectivity index (χ1v) is 5.23. The van der Waals surface area contributed by atoms with Crippen molar-refractivity contribution < 1.29 is 14.0 Å². The minimum absolute atomic E-state index is 0.0520. The zero-order chi connectivity index (χ0) is 11.2. The number of rotatable bonds is 2. The molecule has 2 amide bonds. The monoisotopic (exact) mass is 214 g/mol. The maximum absolute atomic E-state index is 12.1. The van der Waals surface area contributed by atoms with Gasteiger partial charge in [-0.15, -0.1) is 0 Å². The molecule has 1 aliphatic heterocycles. The SMILES string of the molecule is CC1[C@@H](C)C12NC(=O)C(CCF)NC2=O. The summed E-state index contributed by atoms with van der Waals surface area (Å²) in [6.45, 7) is 3.26. The summed E-state index contributed by atoms with van der Waals surface area (Å²) in [5.74, 6) is -0.107. The van der Waals surface area contributed by atoms with E-state index >= 15 is 0 Å². The Kier molecular flexibility index (Phi) is 2.20. The van der Waals surface area contributed by atoms with E-state index in [2.05, 4.69) is 10.6 Å². The van der Waals surface area contributed by atoms with Crippen molar-refractivity contribution >= 4 is 11.8 Å². The van der Waals surface area contributed by atoms with E-state index in [-0.39, 0.29) is 30.1 Å². The molecule has 1 saturated heterocycles. The first-order chi connectivity index (χ1) is 7.04. The number of carbonyl (C=O) groups excluding carboxylic acids is 2. The molecule has 2 rings (SSSR count). The lowest BCUT2D eigenvalue weighted by Gasteiger charge is -2.30. The molecule has 4 nitrogen and oxygen atoms in total. The molecule has 0 radical (unpaired) electrons. The van der Waals surface area contributed by atoms with Gasteiger partial charge in [0.25, 0.3) is 0 Å². The number of nitrogens with one attached hydrogen (secondary N) is 2. The summed E-state index contributed by atoms with van der Waals surface area (Å²) < 4.78 is 12.1. The molecule has 1 heterocycles. The number of halogens is 1. The molecule has 1 aliphatic carbocycles. The molecule has 2 N–H and O–H groups in total. The summed E-state index contributed by atoms with van der Waals surface area (Å²) >= 11 is 0. The van der Waals surface area contributed by atoms with Crippen LogP contribution in [0.1, 0.15) is 20.3 Å². The van der Waals surface area contributed by atoms with E-state index in [0.717, 1.165) is 0 Å². The maximum atomic E-state index is 12.1. The third-order valence-corrected chi connectivity index (χ3v) is 3.80. The second-order valence-corrected chi connectivity index (χ2v) is 4.44. The standard InChI is InChI=1S/C10H15FN2O2/c1-5-6(2)10(5)9(15)12-7(3-4-11)8(14)13-10/h5-7H,3-4H2,1-2H3,(H,12,15)(H,13,14)/t5-,6?,7?,10?/m1/s1. The molecule has 4 atom stereocenters. The number of hydrogen-bond acceptors (Lipinski definition) is 2. The number of piperazine rings is 1. The van der Waals surface area contributed by atoms with Gasteiger partial charge in [-0.25, -0.2) is 0 Å². The Morgan fingerprint density at radius 2 is 1.93 bits per heavy atom. The van der Waals surface area contributed by atoms with Crippen molar-refractivity contribution in [2.24, 2.45) is 11.8 Å². The highest BCUT2D eigenvalue weighted by Gasteiger charge is 2.67. The smallest absolute Gasteiger partial charge is 0.246 e. The lowest BCUT2D eigenvalue weighted by Crippen LogP contribution is -2.64. The summed E-state index contributed by atoms with van der Waals surface area (Å²) in [4.78, 5) is 23.4. The van der Waals surface area contributed by atoms with Crippen LogP contribution in [0.5, 0.6) is 0 Å². The molecule has 0 bridgehead atoms. The minimum Gasteiger partial charge on any atom is -0.342 e. The Morgan fingerprint density at radius 1 is 1.33 bits per heavy atom. The van der Waals surface area contributed by atoms with Crippen molar-refractivity contribution in [2.75, 3.05) is 6.67 Å². The normalized spacial score (nSPS) is 43.8. The minimum atomic E-state index is -0.718. The predicted molar refractivity (Wildman–Crippen MR) is 51.7 cm³/mol. The van der Waals surface area contributed by atoms with E-state index < -0.39 is 18.3 Å². The van der Waals surface area contributed by atoms with Crippen molar-refractivity contribution in [2.45, 2.75) is 31.8 Å². The molecule has 84 valence electrons. The highest BCUT2D eigenvalue weighted by Crippen LogP contribution is 2.51. The van der Waals surface area contributed by atoms with Crippen molar-refractivity contribution in [1.82, 2.24) is 10.6 Å². The first kappa shape index (κ1) is 10.4. The number of hydrogen-bond donors (Lipinski definition) is 2. The van der Waals surface area contributed by atoms with Gasteiger partial charge in [-0.2, -0.15) is 0 Å². The Balaban J connectivity index is 2.12. The van der Waals surface area contributed by atoms with Gasteiger partial charge in [-0.05, 0) is 11.8 Å². The molecule has 2 fully saturated rings. The van der Waals surface area contributed by atoms with E-state index in [9.17, 15) is 14.0 Å². The van der Waals surface area contributed by atoms with Gasteiger partial charge in [0.2, 0.25) is 11.8 Å².